The first-order valence-electron chi connectivity index (χ1n) is 6.98. The summed E-state index contributed by atoms with van der Waals surface area (Å²) in [6.45, 7) is 4.89. The monoisotopic (exact) mass is 300 g/mol. The molecule has 1 aromatic rings. The zero-order chi connectivity index (χ0) is 15.7. The Morgan fingerprint density at radius 1 is 1.24 bits per heavy atom. The van der Waals surface area contributed by atoms with Crippen LogP contribution >= 0.6 is 0 Å². The van der Waals surface area contributed by atoms with Gasteiger partial charge in [-0.25, -0.2) is 0 Å². The zero-order valence-electron chi connectivity index (χ0n) is 12.1. The summed E-state index contributed by atoms with van der Waals surface area (Å²) < 4.78 is 39.5. The van der Waals surface area contributed by atoms with Crippen molar-refractivity contribution in [2.75, 3.05) is 13.1 Å². The van der Waals surface area contributed by atoms with Gasteiger partial charge in [0.2, 0.25) is 0 Å². The average Bonchev–Trinajstić information content (AvgIpc) is 3.17. The molecule has 1 aliphatic rings. The number of hydrogen-bond acceptors (Lipinski definition) is 3. The van der Waals surface area contributed by atoms with Crippen molar-refractivity contribution in [2.45, 2.75) is 38.4 Å². The molecular weight excluding hydrogens is 281 g/mol. The van der Waals surface area contributed by atoms with Gasteiger partial charge in [-0.2, -0.15) is 13.2 Å². The third kappa shape index (κ3) is 3.34. The summed E-state index contributed by atoms with van der Waals surface area (Å²) in [5, 5.41) is 9.37. The molecule has 0 radical (unpaired) electrons. The standard InChI is InChI=1S/C14H19F3N4/c1-3-21(4-2)20-19-12-10(13(18)8-9-13)6-5-7-11(12)14(15,16)17/h5-7H,3-4,8-9,18H2,1-2H3. The van der Waals surface area contributed by atoms with Gasteiger partial charge in [-0.05, 0) is 32.8 Å². The molecule has 0 bridgehead atoms. The molecular formula is C14H19F3N4. The minimum Gasteiger partial charge on any atom is -0.321 e. The highest BCUT2D eigenvalue weighted by atomic mass is 19.4. The molecule has 21 heavy (non-hydrogen) atoms. The molecule has 0 amide bonds. The van der Waals surface area contributed by atoms with E-state index >= 15 is 0 Å². The van der Waals surface area contributed by atoms with E-state index < -0.39 is 17.3 Å². The van der Waals surface area contributed by atoms with Gasteiger partial charge in [-0.15, -0.1) is 5.11 Å². The van der Waals surface area contributed by atoms with Crippen LogP contribution < -0.4 is 5.73 Å². The molecule has 0 aromatic heterocycles. The maximum Gasteiger partial charge on any atom is 0.418 e. The largest absolute Gasteiger partial charge is 0.418 e. The van der Waals surface area contributed by atoms with Gasteiger partial charge >= 0.3 is 6.18 Å². The van der Waals surface area contributed by atoms with Crippen LogP contribution in [-0.4, -0.2) is 18.1 Å². The van der Waals surface area contributed by atoms with Crippen molar-refractivity contribution in [3.63, 3.8) is 0 Å². The van der Waals surface area contributed by atoms with Crippen LogP contribution in [0.3, 0.4) is 0 Å². The van der Waals surface area contributed by atoms with Crippen molar-refractivity contribution in [1.82, 2.24) is 5.01 Å². The van der Waals surface area contributed by atoms with E-state index in [1.807, 2.05) is 13.8 Å². The molecule has 1 fully saturated rings. The summed E-state index contributed by atoms with van der Waals surface area (Å²) in [4.78, 5) is 0. The first-order chi connectivity index (χ1) is 9.81. The van der Waals surface area contributed by atoms with E-state index in [1.54, 1.807) is 11.1 Å². The van der Waals surface area contributed by atoms with E-state index in [9.17, 15) is 13.2 Å². The smallest absolute Gasteiger partial charge is 0.321 e. The Morgan fingerprint density at radius 2 is 1.86 bits per heavy atom. The highest BCUT2D eigenvalue weighted by Crippen LogP contribution is 2.49. The molecule has 0 spiro atoms. The zero-order valence-corrected chi connectivity index (χ0v) is 12.1. The highest BCUT2D eigenvalue weighted by molar-refractivity contribution is 5.58. The van der Waals surface area contributed by atoms with Crippen molar-refractivity contribution in [3.8, 4) is 0 Å². The minimum atomic E-state index is -4.47. The van der Waals surface area contributed by atoms with Crippen LogP contribution in [0.1, 0.15) is 37.8 Å². The molecule has 1 saturated carbocycles. The maximum absolute atomic E-state index is 13.2. The summed E-state index contributed by atoms with van der Waals surface area (Å²) in [5.74, 6) is 0. The molecule has 1 aliphatic carbocycles. The van der Waals surface area contributed by atoms with E-state index in [2.05, 4.69) is 10.3 Å². The Hall–Kier alpha value is -1.63. The van der Waals surface area contributed by atoms with Gasteiger partial charge < -0.3 is 5.73 Å². The Balaban J connectivity index is 2.49. The fraction of sp³-hybridized carbons (Fsp3) is 0.571. The lowest BCUT2D eigenvalue weighted by Gasteiger charge is -2.18. The van der Waals surface area contributed by atoms with Crippen molar-refractivity contribution in [2.24, 2.45) is 16.1 Å². The number of benzene rings is 1. The van der Waals surface area contributed by atoms with Gasteiger partial charge in [0.25, 0.3) is 0 Å². The number of hydrogen-bond donors (Lipinski definition) is 1. The van der Waals surface area contributed by atoms with Gasteiger partial charge in [-0.1, -0.05) is 17.4 Å². The molecule has 0 saturated heterocycles. The van der Waals surface area contributed by atoms with E-state index in [0.717, 1.165) is 6.07 Å². The predicted octanol–water partition coefficient (Wildman–Crippen LogP) is 3.99. The summed E-state index contributed by atoms with van der Waals surface area (Å²) in [7, 11) is 0. The van der Waals surface area contributed by atoms with Crippen LogP contribution in [0.25, 0.3) is 0 Å². The second kappa shape index (κ2) is 5.63. The topological polar surface area (TPSA) is 54.0 Å². The number of halogens is 3. The summed E-state index contributed by atoms with van der Waals surface area (Å²) >= 11 is 0. The van der Waals surface area contributed by atoms with Crippen LogP contribution in [0.2, 0.25) is 0 Å². The summed E-state index contributed by atoms with van der Waals surface area (Å²) in [6.07, 6.45) is -3.14. The second-order valence-electron chi connectivity index (χ2n) is 5.18. The number of alkyl halides is 3. The molecule has 7 heteroatoms. The average molecular weight is 300 g/mol. The molecule has 0 atom stereocenters. The van der Waals surface area contributed by atoms with Gasteiger partial charge in [0.1, 0.15) is 5.69 Å². The van der Waals surface area contributed by atoms with Crippen LogP contribution in [0.4, 0.5) is 18.9 Å². The Morgan fingerprint density at radius 3 is 2.33 bits per heavy atom. The van der Waals surface area contributed by atoms with Crippen molar-refractivity contribution in [1.29, 1.82) is 0 Å². The molecule has 116 valence electrons. The van der Waals surface area contributed by atoms with Crippen LogP contribution in [0.5, 0.6) is 0 Å². The normalized spacial score (nSPS) is 17.2. The molecule has 0 unspecified atom stereocenters. The summed E-state index contributed by atoms with van der Waals surface area (Å²) in [5.41, 5.74) is 4.86. The summed E-state index contributed by atoms with van der Waals surface area (Å²) in [6, 6.07) is 4.01. The molecule has 4 nitrogen and oxygen atoms in total. The first-order valence-corrected chi connectivity index (χ1v) is 6.98. The van der Waals surface area contributed by atoms with Gasteiger partial charge in [-0.3, -0.25) is 5.01 Å². The van der Waals surface area contributed by atoms with E-state index in [0.29, 0.717) is 31.5 Å². The lowest BCUT2D eigenvalue weighted by molar-refractivity contribution is -0.137. The highest BCUT2D eigenvalue weighted by Gasteiger charge is 2.45. The van der Waals surface area contributed by atoms with Crippen LogP contribution in [0, 0.1) is 0 Å². The molecule has 0 aliphatic heterocycles. The van der Waals surface area contributed by atoms with Gasteiger partial charge in [0, 0.05) is 24.2 Å². The van der Waals surface area contributed by atoms with Crippen molar-refractivity contribution >= 4 is 5.69 Å². The Kier molecular flexibility index (Phi) is 4.22. The number of rotatable bonds is 5. The van der Waals surface area contributed by atoms with Gasteiger partial charge in [0.15, 0.2) is 0 Å². The quantitative estimate of drug-likeness (QED) is 0.660. The minimum absolute atomic E-state index is 0.156. The van der Waals surface area contributed by atoms with E-state index in [4.69, 9.17) is 5.73 Å². The van der Waals surface area contributed by atoms with Crippen LogP contribution in [-0.2, 0) is 11.7 Å². The molecule has 0 heterocycles. The second-order valence-corrected chi connectivity index (χ2v) is 5.18. The Labute approximate surface area is 121 Å². The fourth-order valence-corrected chi connectivity index (χ4v) is 2.14. The van der Waals surface area contributed by atoms with Crippen LogP contribution in [0.15, 0.2) is 28.5 Å². The molecule has 1 aromatic carbocycles. The van der Waals surface area contributed by atoms with E-state index in [1.165, 1.54) is 6.07 Å². The van der Waals surface area contributed by atoms with Crippen molar-refractivity contribution in [3.05, 3.63) is 29.3 Å². The van der Waals surface area contributed by atoms with E-state index in [-0.39, 0.29) is 5.69 Å². The third-order valence-electron chi connectivity index (χ3n) is 3.67. The lowest BCUT2D eigenvalue weighted by Crippen LogP contribution is -2.20. The number of nitrogens with two attached hydrogens (primary N) is 1. The third-order valence-corrected chi connectivity index (χ3v) is 3.67. The fourth-order valence-electron chi connectivity index (χ4n) is 2.14. The number of nitrogens with zero attached hydrogens (tertiary/aromatic N) is 3. The molecule has 2 rings (SSSR count). The SMILES string of the molecule is CCN(CC)N=Nc1c(C(F)(F)F)cccc1C1(N)CC1. The lowest BCUT2D eigenvalue weighted by atomic mass is 9.99. The maximum atomic E-state index is 13.2. The first kappa shape index (κ1) is 15.8. The van der Waals surface area contributed by atoms with Crippen molar-refractivity contribution < 1.29 is 13.2 Å². The molecule has 2 N–H and O–H groups in total. The Bertz CT molecular complexity index is 508. The van der Waals surface area contributed by atoms with Gasteiger partial charge in [0.05, 0.1) is 5.56 Å². The predicted molar refractivity (Wildman–Crippen MR) is 74.0 cm³/mol.